The summed E-state index contributed by atoms with van der Waals surface area (Å²) in [4.78, 5) is 31.5. The van der Waals surface area contributed by atoms with Crippen LogP contribution in [0.3, 0.4) is 0 Å². The Kier molecular flexibility index (Phi) is 5.84. The molecule has 2 aromatic heterocycles. The molecule has 2 atom stereocenters. The third-order valence-corrected chi connectivity index (χ3v) is 6.60. The number of pyridine rings is 1. The summed E-state index contributed by atoms with van der Waals surface area (Å²) in [5.41, 5.74) is 4.30. The lowest BCUT2D eigenvalue weighted by atomic mass is 9.72. The summed E-state index contributed by atoms with van der Waals surface area (Å²) in [6.45, 7) is 3.73. The zero-order valence-corrected chi connectivity index (χ0v) is 19.6. The number of ketones is 1. The molecule has 34 heavy (non-hydrogen) atoms. The molecule has 3 aromatic rings. The van der Waals surface area contributed by atoms with Crippen LogP contribution in [0.5, 0.6) is 0 Å². The molecule has 5 rings (SSSR count). The van der Waals surface area contributed by atoms with Crippen LogP contribution in [0.25, 0.3) is 0 Å². The van der Waals surface area contributed by atoms with Crippen molar-refractivity contribution < 1.29 is 14.0 Å². The molecule has 1 aliphatic carbocycles. The number of nitrogens with one attached hydrogen (secondary N) is 2. The molecule has 172 valence electrons. The van der Waals surface area contributed by atoms with E-state index in [2.05, 4.69) is 15.6 Å². The van der Waals surface area contributed by atoms with Crippen molar-refractivity contribution in [1.29, 1.82) is 0 Å². The number of nitrogens with zero attached hydrogens (tertiary/aromatic N) is 1. The van der Waals surface area contributed by atoms with E-state index in [4.69, 9.17) is 16.0 Å². The Bertz CT molecular complexity index is 1320. The number of hydrogen-bond donors (Lipinski definition) is 2. The maximum atomic E-state index is 13.5. The molecule has 2 aliphatic rings. The number of rotatable bonds is 4. The summed E-state index contributed by atoms with van der Waals surface area (Å²) in [7, 11) is 0. The molecule has 7 heteroatoms. The smallest absolute Gasteiger partial charge is 0.255 e. The Balaban J connectivity index is 1.56. The SMILES string of the molecule is CC1=C(C(=O)Nc2cccc(C)n2)C(c2ccc(Cl)cc2)C2=C(CC(c3ccco3)CC2=O)N1. The second kappa shape index (κ2) is 8.95. The van der Waals surface area contributed by atoms with Crippen molar-refractivity contribution in [2.24, 2.45) is 0 Å². The van der Waals surface area contributed by atoms with Crippen LogP contribution in [0.15, 0.2) is 87.8 Å². The minimum Gasteiger partial charge on any atom is -0.469 e. The van der Waals surface area contributed by atoms with Gasteiger partial charge < -0.3 is 15.1 Å². The highest BCUT2D eigenvalue weighted by atomic mass is 35.5. The lowest BCUT2D eigenvalue weighted by molar-refractivity contribution is -0.116. The van der Waals surface area contributed by atoms with Gasteiger partial charge in [0, 0.05) is 51.5 Å². The van der Waals surface area contributed by atoms with Crippen LogP contribution >= 0.6 is 11.6 Å². The number of carbonyl (C=O) groups excluding carboxylic acids is 2. The fourth-order valence-electron chi connectivity index (χ4n) is 4.85. The Morgan fingerprint density at radius 2 is 1.88 bits per heavy atom. The van der Waals surface area contributed by atoms with Gasteiger partial charge in [-0.25, -0.2) is 4.98 Å². The van der Waals surface area contributed by atoms with E-state index in [1.165, 1.54) is 0 Å². The average Bonchev–Trinajstić information content (AvgIpc) is 3.33. The molecule has 0 saturated carbocycles. The molecule has 0 bridgehead atoms. The van der Waals surface area contributed by atoms with Gasteiger partial charge >= 0.3 is 0 Å². The highest BCUT2D eigenvalue weighted by molar-refractivity contribution is 6.30. The van der Waals surface area contributed by atoms with Gasteiger partial charge in [0.25, 0.3) is 5.91 Å². The first-order valence-corrected chi connectivity index (χ1v) is 11.6. The lowest BCUT2D eigenvalue weighted by Gasteiger charge is -2.36. The van der Waals surface area contributed by atoms with Crippen molar-refractivity contribution in [3.05, 3.63) is 105 Å². The fraction of sp³-hybridized carbons (Fsp3) is 0.222. The second-order valence-electron chi connectivity index (χ2n) is 8.70. The zero-order valence-electron chi connectivity index (χ0n) is 18.9. The standard InChI is InChI=1S/C27H24ClN3O3/c1-15-5-3-7-23(29-15)31-27(33)24-16(2)30-20-13-18(22-6-4-12-34-22)14-21(32)26(20)25(24)17-8-10-19(28)11-9-17/h3-12,18,25,30H,13-14H2,1-2H3,(H,29,31,33). The van der Waals surface area contributed by atoms with Gasteiger partial charge in [-0.2, -0.15) is 0 Å². The number of furan rings is 1. The van der Waals surface area contributed by atoms with Gasteiger partial charge in [-0.3, -0.25) is 9.59 Å². The van der Waals surface area contributed by atoms with E-state index in [9.17, 15) is 9.59 Å². The van der Waals surface area contributed by atoms with Crippen molar-refractivity contribution in [2.75, 3.05) is 5.32 Å². The van der Waals surface area contributed by atoms with E-state index in [-0.39, 0.29) is 17.6 Å². The number of benzene rings is 1. The molecule has 0 saturated heterocycles. The Morgan fingerprint density at radius 3 is 2.59 bits per heavy atom. The van der Waals surface area contributed by atoms with Gasteiger partial charge in [0.1, 0.15) is 11.6 Å². The van der Waals surface area contributed by atoms with Crippen LogP contribution in [0.2, 0.25) is 5.02 Å². The van der Waals surface area contributed by atoms with Crippen molar-refractivity contribution in [1.82, 2.24) is 10.3 Å². The number of aromatic nitrogens is 1. The van der Waals surface area contributed by atoms with Crippen LogP contribution in [0, 0.1) is 6.92 Å². The van der Waals surface area contributed by atoms with Crippen LogP contribution in [0.4, 0.5) is 5.82 Å². The molecule has 1 aromatic carbocycles. The van der Waals surface area contributed by atoms with Crippen LogP contribution in [-0.4, -0.2) is 16.7 Å². The van der Waals surface area contributed by atoms with Gasteiger partial charge in [0.2, 0.25) is 0 Å². The molecular formula is C27H24ClN3O3. The van der Waals surface area contributed by atoms with Crippen LogP contribution in [-0.2, 0) is 9.59 Å². The predicted molar refractivity (Wildman–Crippen MR) is 130 cm³/mol. The molecule has 1 amide bonds. The summed E-state index contributed by atoms with van der Waals surface area (Å²) < 4.78 is 5.59. The summed E-state index contributed by atoms with van der Waals surface area (Å²) in [6.07, 6.45) is 2.58. The van der Waals surface area contributed by atoms with Crippen LogP contribution < -0.4 is 10.6 Å². The number of carbonyl (C=O) groups is 2. The number of allylic oxidation sites excluding steroid dienone is 3. The number of anilines is 1. The predicted octanol–water partition coefficient (Wildman–Crippen LogP) is 5.64. The van der Waals surface area contributed by atoms with E-state index < -0.39 is 5.92 Å². The molecule has 6 nitrogen and oxygen atoms in total. The Labute approximate surface area is 202 Å². The average molecular weight is 474 g/mol. The zero-order chi connectivity index (χ0) is 23.8. The van der Waals surface area contributed by atoms with E-state index in [1.54, 1.807) is 24.5 Å². The van der Waals surface area contributed by atoms with Crippen molar-refractivity contribution in [3.8, 4) is 0 Å². The van der Waals surface area contributed by atoms with Crippen molar-refractivity contribution in [2.45, 2.75) is 38.5 Å². The fourth-order valence-corrected chi connectivity index (χ4v) is 4.98. The highest BCUT2D eigenvalue weighted by Crippen LogP contribution is 2.45. The summed E-state index contributed by atoms with van der Waals surface area (Å²) >= 11 is 6.14. The number of hydrogen-bond acceptors (Lipinski definition) is 5. The Morgan fingerprint density at radius 1 is 1.09 bits per heavy atom. The van der Waals surface area contributed by atoms with Gasteiger partial charge in [-0.15, -0.1) is 0 Å². The maximum absolute atomic E-state index is 13.5. The summed E-state index contributed by atoms with van der Waals surface area (Å²) in [6, 6.07) is 16.5. The summed E-state index contributed by atoms with van der Waals surface area (Å²) in [5, 5.41) is 6.87. The van der Waals surface area contributed by atoms with Crippen molar-refractivity contribution in [3.63, 3.8) is 0 Å². The van der Waals surface area contributed by atoms with Crippen LogP contribution in [0.1, 0.15) is 48.6 Å². The van der Waals surface area contributed by atoms with Gasteiger partial charge in [-0.1, -0.05) is 29.8 Å². The monoisotopic (exact) mass is 473 g/mol. The minimum atomic E-state index is -0.511. The molecule has 2 N–H and O–H groups in total. The van der Waals surface area contributed by atoms with Gasteiger partial charge in [-0.05, 0) is 62.2 Å². The molecular weight excluding hydrogens is 450 g/mol. The van der Waals surface area contributed by atoms with E-state index >= 15 is 0 Å². The molecule has 3 heterocycles. The topological polar surface area (TPSA) is 84.2 Å². The number of dihydropyridines is 1. The number of amides is 1. The first-order valence-electron chi connectivity index (χ1n) is 11.2. The first-order chi connectivity index (χ1) is 16.4. The van der Waals surface area contributed by atoms with Gasteiger partial charge in [0.15, 0.2) is 5.78 Å². The minimum absolute atomic E-state index is 0.00146. The Hall–Kier alpha value is -3.64. The molecule has 0 spiro atoms. The van der Waals surface area contributed by atoms with Crippen molar-refractivity contribution >= 4 is 29.1 Å². The van der Waals surface area contributed by atoms with E-state index in [0.29, 0.717) is 40.5 Å². The molecule has 0 radical (unpaired) electrons. The number of Topliss-reactive ketones (excluding diaryl/α,β-unsaturated/α-hetero) is 1. The maximum Gasteiger partial charge on any atom is 0.255 e. The lowest BCUT2D eigenvalue weighted by Crippen LogP contribution is -2.37. The highest BCUT2D eigenvalue weighted by Gasteiger charge is 2.41. The number of aryl methyl sites for hydroxylation is 1. The third kappa shape index (κ3) is 4.17. The second-order valence-corrected chi connectivity index (χ2v) is 9.14. The molecule has 2 unspecified atom stereocenters. The van der Waals surface area contributed by atoms with Gasteiger partial charge in [0.05, 0.1) is 6.26 Å². The largest absolute Gasteiger partial charge is 0.469 e. The third-order valence-electron chi connectivity index (χ3n) is 6.35. The normalized spacial score (nSPS) is 20.1. The number of halogens is 1. The van der Waals surface area contributed by atoms with E-state index in [1.807, 2.05) is 50.2 Å². The first kappa shape index (κ1) is 22.2. The van der Waals surface area contributed by atoms with E-state index in [0.717, 1.165) is 22.7 Å². The molecule has 0 fully saturated rings. The molecule has 1 aliphatic heterocycles. The summed E-state index contributed by atoms with van der Waals surface area (Å²) in [5.74, 6) is 0.410. The quantitative estimate of drug-likeness (QED) is 0.512.